The number of nitrogens with two attached hydrogens (primary N) is 2. The van der Waals surface area contributed by atoms with Gasteiger partial charge in [0.1, 0.15) is 5.01 Å². The van der Waals surface area contributed by atoms with Crippen molar-refractivity contribution in [3.63, 3.8) is 0 Å². The van der Waals surface area contributed by atoms with Gasteiger partial charge in [0.15, 0.2) is 0 Å². The Kier molecular flexibility index (Phi) is 4.34. The third kappa shape index (κ3) is 3.38. The summed E-state index contributed by atoms with van der Waals surface area (Å²) in [6, 6.07) is 0. The molecular formula is C6H12N4S2. The van der Waals surface area contributed by atoms with Crippen LogP contribution >= 0.6 is 23.1 Å². The highest BCUT2D eigenvalue weighted by molar-refractivity contribution is 7.98. The number of hydrogen-bond donors (Lipinski definition) is 2. The van der Waals surface area contributed by atoms with Crippen molar-refractivity contribution in [1.82, 2.24) is 10.2 Å². The van der Waals surface area contributed by atoms with E-state index in [4.69, 9.17) is 11.5 Å². The zero-order chi connectivity index (χ0) is 8.81. The van der Waals surface area contributed by atoms with Gasteiger partial charge in [0, 0.05) is 5.75 Å². The smallest absolute Gasteiger partial charge is 0.203 e. The van der Waals surface area contributed by atoms with Crippen LogP contribution in [0, 0.1) is 0 Å². The van der Waals surface area contributed by atoms with Crippen molar-refractivity contribution in [1.29, 1.82) is 0 Å². The van der Waals surface area contributed by atoms with Crippen molar-refractivity contribution in [3.8, 4) is 0 Å². The molecule has 0 aromatic carbocycles. The van der Waals surface area contributed by atoms with E-state index in [1.807, 2.05) is 11.8 Å². The Balaban J connectivity index is 2.15. The van der Waals surface area contributed by atoms with E-state index in [0.29, 0.717) is 5.13 Å². The fourth-order valence-corrected chi connectivity index (χ4v) is 2.31. The van der Waals surface area contributed by atoms with Gasteiger partial charge in [-0.05, 0) is 18.7 Å². The van der Waals surface area contributed by atoms with Crippen molar-refractivity contribution in [2.24, 2.45) is 5.73 Å². The van der Waals surface area contributed by atoms with Crippen LogP contribution < -0.4 is 11.5 Å². The molecule has 0 aliphatic carbocycles. The third-order valence-corrected chi connectivity index (χ3v) is 3.19. The van der Waals surface area contributed by atoms with Crippen LogP contribution in [-0.4, -0.2) is 22.5 Å². The molecule has 1 heterocycles. The molecule has 4 nitrogen and oxygen atoms in total. The van der Waals surface area contributed by atoms with Gasteiger partial charge in [0.05, 0.1) is 0 Å². The van der Waals surface area contributed by atoms with Gasteiger partial charge in [-0.1, -0.05) is 11.3 Å². The first-order valence-corrected chi connectivity index (χ1v) is 5.65. The summed E-state index contributed by atoms with van der Waals surface area (Å²) in [5.41, 5.74) is 10.8. The number of aromatic nitrogens is 2. The largest absolute Gasteiger partial charge is 0.374 e. The molecule has 0 saturated heterocycles. The van der Waals surface area contributed by atoms with Crippen LogP contribution in [0.3, 0.4) is 0 Å². The summed E-state index contributed by atoms with van der Waals surface area (Å²) in [6.45, 7) is 0.755. The van der Waals surface area contributed by atoms with Crippen LogP contribution in [-0.2, 0) is 5.75 Å². The minimum Gasteiger partial charge on any atom is -0.374 e. The minimum absolute atomic E-state index is 0.546. The molecule has 4 N–H and O–H groups in total. The molecule has 0 aliphatic heterocycles. The number of nitrogens with zero attached hydrogens (tertiary/aromatic N) is 2. The average molecular weight is 204 g/mol. The van der Waals surface area contributed by atoms with Crippen LogP contribution in [0.25, 0.3) is 0 Å². The SMILES string of the molecule is NCCCSCc1nnc(N)s1. The summed E-state index contributed by atoms with van der Waals surface area (Å²) in [6.07, 6.45) is 1.05. The van der Waals surface area contributed by atoms with Gasteiger partial charge in [-0.25, -0.2) is 0 Å². The van der Waals surface area contributed by atoms with E-state index in [2.05, 4.69) is 10.2 Å². The van der Waals surface area contributed by atoms with Crippen LogP contribution in [0.15, 0.2) is 0 Å². The Morgan fingerprint density at radius 2 is 2.25 bits per heavy atom. The van der Waals surface area contributed by atoms with Crippen molar-refractivity contribution in [2.75, 3.05) is 18.0 Å². The second kappa shape index (κ2) is 5.34. The Morgan fingerprint density at radius 3 is 2.83 bits per heavy atom. The van der Waals surface area contributed by atoms with E-state index in [0.717, 1.165) is 29.5 Å². The van der Waals surface area contributed by atoms with Gasteiger partial charge in [-0.2, -0.15) is 11.8 Å². The minimum atomic E-state index is 0.546. The Hall–Kier alpha value is -0.330. The second-order valence-electron chi connectivity index (χ2n) is 2.23. The predicted molar refractivity (Wildman–Crippen MR) is 54.2 cm³/mol. The van der Waals surface area contributed by atoms with Crippen molar-refractivity contribution >= 4 is 28.2 Å². The molecule has 6 heteroatoms. The van der Waals surface area contributed by atoms with E-state index < -0.39 is 0 Å². The van der Waals surface area contributed by atoms with Gasteiger partial charge in [-0.15, -0.1) is 10.2 Å². The van der Waals surface area contributed by atoms with Crippen LogP contribution in [0.5, 0.6) is 0 Å². The number of nitrogen functional groups attached to an aromatic ring is 1. The van der Waals surface area contributed by atoms with E-state index in [1.165, 1.54) is 11.3 Å². The molecule has 0 spiro atoms. The molecule has 0 radical (unpaired) electrons. The highest BCUT2D eigenvalue weighted by atomic mass is 32.2. The standard InChI is InChI=1S/C6H12N4S2/c7-2-1-3-11-4-5-9-10-6(8)12-5/h1-4,7H2,(H2,8,10). The number of thioether (sulfide) groups is 1. The molecule has 1 aromatic heterocycles. The first kappa shape index (κ1) is 9.76. The zero-order valence-electron chi connectivity index (χ0n) is 6.69. The van der Waals surface area contributed by atoms with Gasteiger partial charge >= 0.3 is 0 Å². The van der Waals surface area contributed by atoms with E-state index in [1.54, 1.807) is 0 Å². The van der Waals surface area contributed by atoms with Crippen molar-refractivity contribution < 1.29 is 0 Å². The van der Waals surface area contributed by atoms with E-state index in [9.17, 15) is 0 Å². The summed E-state index contributed by atoms with van der Waals surface area (Å²) < 4.78 is 0. The lowest BCUT2D eigenvalue weighted by atomic mass is 10.5. The summed E-state index contributed by atoms with van der Waals surface area (Å²) in [5.74, 6) is 1.98. The molecule has 0 bridgehead atoms. The molecule has 0 amide bonds. The average Bonchev–Trinajstić information content (AvgIpc) is 2.45. The number of rotatable bonds is 5. The summed E-state index contributed by atoms with van der Waals surface area (Å²) >= 11 is 3.27. The quantitative estimate of drug-likeness (QED) is 0.690. The first-order chi connectivity index (χ1) is 5.83. The fraction of sp³-hybridized carbons (Fsp3) is 0.667. The van der Waals surface area contributed by atoms with Gasteiger partial charge in [0.25, 0.3) is 0 Å². The van der Waals surface area contributed by atoms with Crippen molar-refractivity contribution in [2.45, 2.75) is 12.2 Å². The molecule has 1 aromatic rings. The highest BCUT2D eigenvalue weighted by Gasteiger charge is 1.99. The predicted octanol–water partition coefficient (Wildman–Crippen LogP) is 0.702. The lowest BCUT2D eigenvalue weighted by Crippen LogP contribution is -1.99. The maximum absolute atomic E-state index is 5.42. The summed E-state index contributed by atoms with van der Waals surface area (Å²) in [4.78, 5) is 0. The maximum Gasteiger partial charge on any atom is 0.203 e. The number of anilines is 1. The Labute approximate surface area is 79.7 Å². The monoisotopic (exact) mass is 204 g/mol. The summed E-state index contributed by atoms with van der Waals surface area (Å²) in [7, 11) is 0. The van der Waals surface area contributed by atoms with Gasteiger partial charge in [0.2, 0.25) is 5.13 Å². The molecule has 68 valence electrons. The Bertz CT molecular complexity index is 225. The van der Waals surface area contributed by atoms with E-state index in [-0.39, 0.29) is 0 Å². The second-order valence-corrected chi connectivity index (χ2v) is 4.43. The maximum atomic E-state index is 5.42. The van der Waals surface area contributed by atoms with Crippen LogP contribution in [0.4, 0.5) is 5.13 Å². The Morgan fingerprint density at radius 1 is 1.42 bits per heavy atom. The normalized spacial score (nSPS) is 10.4. The first-order valence-electron chi connectivity index (χ1n) is 3.68. The topological polar surface area (TPSA) is 77.8 Å². The lowest BCUT2D eigenvalue weighted by molar-refractivity contribution is 0.942. The molecule has 0 unspecified atom stereocenters. The molecule has 0 aliphatic rings. The van der Waals surface area contributed by atoms with Crippen LogP contribution in [0.2, 0.25) is 0 Å². The van der Waals surface area contributed by atoms with Crippen LogP contribution in [0.1, 0.15) is 11.4 Å². The molecule has 12 heavy (non-hydrogen) atoms. The number of hydrogen-bond acceptors (Lipinski definition) is 6. The third-order valence-electron chi connectivity index (χ3n) is 1.20. The highest BCUT2D eigenvalue weighted by Crippen LogP contribution is 2.17. The fourth-order valence-electron chi connectivity index (χ4n) is 0.670. The van der Waals surface area contributed by atoms with Crippen molar-refractivity contribution in [3.05, 3.63) is 5.01 Å². The summed E-state index contributed by atoms with van der Waals surface area (Å²) in [5, 5.41) is 9.17. The van der Waals surface area contributed by atoms with E-state index >= 15 is 0 Å². The molecular weight excluding hydrogens is 192 g/mol. The molecule has 1 rings (SSSR count). The zero-order valence-corrected chi connectivity index (χ0v) is 8.33. The molecule has 0 atom stereocenters. The lowest BCUT2D eigenvalue weighted by Gasteiger charge is -1.94. The molecule has 0 saturated carbocycles. The van der Waals surface area contributed by atoms with Gasteiger partial charge in [-0.3, -0.25) is 0 Å². The molecule has 0 fully saturated rings. The van der Waals surface area contributed by atoms with Gasteiger partial charge < -0.3 is 11.5 Å².